The summed E-state index contributed by atoms with van der Waals surface area (Å²) < 4.78 is 27.0. The number of nitrogens with one attached hydrogen (secondary N) is 1. The summed E-state index contributed by atoms with van der Waals surface area (Å²) in [6.07, 6.45) is 3.16. The van der Waals surface area contributed by atoms with Crippen LogP contribution in [0.1, 0.15) is 36.0 Å². The number of carbonyl (C=O) groups excluding carboxylic acids is 2. The van der Waals surface area contributed by atoms with Crippen LogP contribution in [-0.2, 0) is 14.8 Å². The van der Waals surface area contributed by atoms with Crippen LogP contribution in [0.4, 0.5) is 5.69 Å². The number of halogens is 1. The molecule has 2 amide bonds. The van der Waals surface area contributed by atoms with Crippen LogP contribution in [0, 0.1) is 5.92 Å². The zero-order valence-corrected chi connectivity index (χ0v) is 19.2. The molecule has 170 valence electrons. The molecule has 2 fully saturated rings. The Morgan fingerprint density at radius 1 is 1.00 bits per heavy atom. The molecule has 2 aromatic rings. The van der Waals surface area contributed by atoms with Crippen molar-refractivity contribution >= 4 is 39.1 Å². The lowest BCUT2D eigenvalue weighted by Crippen LogP contribution is -2.35. The molecule has 0 aliphatic carbocycles. The molecule has 2 aliphatic rings. The highest BCUT2D eigenvalue weighted by Gasteiger charge is 2.31. The van der Waals surface area contributed by atoms with Crippen LogP contribution in [0.15, 0.2) is 53.4 Å². The first kappa shape index (κ1) is 22.8. The zero-order valence-electron chi connectivity index (χ0n) is 17.7. The van der Waals surface area contributed by atoms with Crippen LogP contribution >= 0.6 is 11.6 Å². The third-order valence-corrected chi connectivity index (χ3v) is 8.13. The Morgan fingerprint density at radius 2 is 1.66 bits per heavy atom. The quantitative estimate of drug-likeness (QED) is 0.694. The van der Waals surface area contributed by atoms with E-state index in [9.17, 15) is 18.0 Å². The summed E-state index contributed by atoms with van der Waals surface area (Å²) in [5, 5.41) is 3.48. The van der Waals surface area contributed by atoms with Gasteiger partial charge < -0.3 is 10.2 Å². The largest absolute Gasteiger partial charge is 0.352 e. The number of hydrogen-bond acceptors (Lipinski definition) is 4. The number of nitrogens with zero attached hydrogens (tertiary/aromatic N) is 2. The van der Waals surface area contributed by atoms with E-state index in [1.165, 1.54) is 28.6 Å². The van der Waals surface area contributed by atoms with E-state index in [2.05, 4.69) is 5.32 Å². The van der Waals surface area contributed by atoms with Gasteiger partial charge in [0.25, 0.3) is 5.91 Å². The van der Waals surface area contributed by atoms with Crippen LogP contribution in [0.3, 0.4) is 0 Å². The van der Waals surface area contributed by atoms with Gasteiger partial charge in [0, 0.05) is 54.8 Å². The Balaban J connectivity index is 1.33. The van der Waals surface area contributed by atoms with Gasteiger partial charge in [-0.1, -0.05) is 18.0 Å². The van der Waals surface area contributed by atoms with Gasteiger partial charge in [-0.3, -0.25) is 9.59 Å². The maximum atomic E-state index is 12.7. The number of anilines is 1. The second kappa shape index (κ2) is 9.60. The minimum Gasteiger partial charge on any atom is -0.352 e. The Morgan fingerprint density at radius 3 is 2.31 bits per heavy atom. The second-order valence-electron chi connectivity index (χ2n) is 8.25. The van der Waals surface area contributed by atoms with Gasteiger partial charge in [0.05, 0.1) is 4.90 Å². The molecule has 2 aromatic carbocycles. The summed E-state index contributed by atoms with van der Waals surface area (Å²) in [6.45, 7) is 1.96. The minimum absolute atomic E-state index is 0.000815. The average Bonchev–Trinajstić information content (AvgIpc) is 3.19. The summed E-state index contributed by atoms with van der Waals surface area (Å²) in [5.74, 6) is -0.274. The van der Waals surface area contributed by atoms with Crippen molar-refractivity contribution in [3.05, 3.63) is 59.1 Å². The molecule has 0 spiro atoms. The van der Waals surface area contributed by atoms with E-state index < -0.39 is 10.0 Å². The van der Waals surface area contributed by atoms with Gasteiger partial charge in [-0.05, 0) is 61.4 Å². The zero-order chi connectivity index (χ0) is 22.7. The summed E-state index contributed by atoms with van der Waals surface area (Å²) in [5.41, 5.74) is 1.18. The lowest BCUT2D eigenvalue weighted by molar-refractivity contribution is -0.117. The standard InChI is InChI=1S/C23H26ClN3O4S/c24-19-6-8-20(9-7-19)27-16-17(14-22(27)28)15-25-23(29)18-4-10-21(11-5-18)32(30,31)26-12-2-1-3-13-26/h4-11,17H,1-3,12-16H2,(H,25,29). The summed E-state index contributed by atoms with van der Waals surface area (Å²) in [6, 6.07) is 13.1. The molecular formula is C23H26ClN3O4S. The number of benzene rings is 2. The normalized spacial score (nSPS) is 19.8. The molecule has 2 saturated heterocycles. The molecule has 0 saturated carbocycles. The molecule has 9 heteroatoms. The van der Waals surface area contributed by atoms with E-state index in [-0.39, 0.29) is 22.6 Å². The summed E-state index contributed by atoms with van der Waals surface area (Å²) >= 11 is 5.91. The molecular weight excluding hydrogens is 450 g/mol. The van der Waals surface area contributed by atoms with E-state index >= 15 is 0 Å². The summed E-state index contributed by atoms with van der Waals surface area (Å²) in [7, 11) is -3.52. The Bertz CT molecular complexity index is 1080. The first-order valence-corrected chi connectivity index (χ1v) is 12.6. The molecule has 2 aliphatic heterocycles. The Kier molecular flexibility index (Phi) is 6.83. The lowest BCUT2D eigenvalue weighted by atomic mass is 10.1. The topological polar surface area (TPSA) is 86.8 Å². The first-order valence-electron chi connectivity index (χ1n) is 10.8. The van der Waals surface area contributed by atoms with E-state index in [0.29, 0.717) is 43.2 Å². The molecule has 32 heavy (non-hydrogen) atoms. The predicted molar refractivity (Wildman–Crippen MR) is 123 cm³/mol. The van der Waals surface area contributed by atoms with Gasteiger partial charge in [0.1, 0.15) is 0 Å². The third kappa shape index (κ3) is 4.98. The van der Waals surface area contributed by atoms with E-state index in [1.807, 2.05) is 0 Å². The SMILES string of the molecule is O=C(NCC1CC(=O)N(c2ccc(Cl)cc2)C1)c1ccc(S(=O)(=O)N2CCCCC2)cc1. The van der Waals surface area contributed by atoms with Crippen molar-refractivity contribution < 1.29 is 18.0 Å². The molecule has 0 radical (unpaired) electrons. The number of carbonyl (C=O) groups is 2. The second-order valence-corrected chi connectivity index (χ2v) is 10.6. The van der Waals surface area contributed by atoms with Gasteiger partial charge in [-0.2, -0.15) is 4.31 Å². The Labute approximate surface area is 193 Å². The third-order valence-electron chi connectivity index (χ3n) is 5.96. The molecule has 1 atom stereocenters. The van der Waals surface area contributed by atoms with Crippen LogP contribution in [-0.4, -0.2) is 50.7 Å². The molecule has 7 nitrogen and oxygen atoms in total. The highest BCUT2D eigenvalue weighted by Crippen LogP contribution is 2.26. The van der Waals surface area contributed by atoms with Gasteiger partial charge >= 0.3 is 0 Å². The number of piperidine rings is 1. The molecule has 2 heterocycles. The number of hydrogen-bond donors (Lipinski definition) is 1. The maximum absolute atomic E-state index is 12.7. The molecule has 1 unspecified atom stereocenters. The van der Waals surface area contributed by atoms with Crippen LogP contribution in [0.2, 0.25) is 5.02 Å². The smallest absolute Gasteiger partial charge is 0.251 e. The predicted octanol–water partition coefficient (Wildman–Crippen LogP) is 3.30. The van der Waals surface area contributed by atoms with Crippen molar-refractivity contribution in [2.75, 3.05) is 31.1 Å². The summed E-state index contributed by atoms with van der Waals surface area (Å²) in [4.78, 5) is 26.8. The van der Waals surface area contributed by atoms with Crippen molar-refractivity contribution in [2.24, 2.45) is 5.92 Å². The number of amides is 2. The fourth-order valence-electron chi connectivity index (χ4n) is 4.16. The fraction of sp³-hybridized carbons (Fsp3) is 0.391. The van der Waals surface area contributed by atoms with Crippen LogP contribution in [0.5, 0.6) is 0 Å². The van der Waals surface area contributed by atoms with Crippen molar-refractivity contribution in [3.63, 3.8) is 0 Å². The maximum Gasteiger partial charge on any atom is 0.251 e. The Hall–Kier alpha value is -2.42. The highest BCUT2D eigenvalue weighted by atomic mass is 35.5. The molecule has 4 rings (SSSR count). The van der Waals surface area contributed by atoms with Gasteiger partial charge in [0.2, 0.25) is 15.9 Å². The monoisotopic (exact) mass is 475 g/mol. The van der Waals surface area contributed by atoms with Crippen LogP contribution in [0.25, 0.3) is 0 Å². The van der Waals surface area contributed by atoms with E-state index in [4.69, 9.17) is 11.6 Å². The fourth-order valence-corrected chi connectivity index (χ4v) is 5.80. The average molecular weight is 476 g/mol. The first-order chi connectivity index (χ1) is 15.3. The van der Waals surface area contributed by atoms with E-state index in [1.54, 1.807) is 29.2 Å². The van der Waals surface area contributed by atoms with Crippen molar-refractivity contribution in [1.82, 2.24) is 9.62 Å². The van der Waals surface area contributed by atoms with Crippen molar-refractivity contribution in [1.29, 1.82) is 0 Å². The highest BCUT2D eigenvalue weighted by molar-refractivity contribution is 7.89. The molecule has 1 N–H and O–H groups in total. The van der Waals surface area contributed by atoms with Gasteiger partial charge in [-0.25, -0.2) is 8.42 Å². The lowest BCUT2D eigenvalue weighted by Gasteiger charge is -2.25. The minimum atomic E-state index is -3.52. The molecule has 0 bridgehead atoms. The molecule has 0 aromatic heterocycles. The number of rotatable bonds is 6. The van der Waals surface area contributed by atoms with Gasteiger partial charge in [-0.15, -0.1) is 0 Å². The van der Waals surface area contributed by atoms with Crippen molar-refractivity contribution in [2.45, 2.75) is 30.6 Å². The van der Waals surface area contributed by atoms with Crippen molar-refractivity contribution in [3.8, 4) is 0 Å². The van der Waals surface area contributed by atoms with Gasteiger partial charge in [0.15, 0.2) is 0 Å². The van der Waals surface area contributed by atoms with Crippen LogP contribution < -0.4 is 10.2 Å². The number of sulfonamides is 1. The van der Waals surface area contributed by atoms with E-state index in [0.717, 1.165) is 24.9 Å².